The molecule has 18 heavy (non-hydrogen) atoms. The molecule has 0 aliphatic carbocycles. The average Bonchev–Trinajstić information content (AvgIpc) is 2.88. The van der Waals surface area contributed by atoms with E-state index in [0.717, 1.165) is 0 Å². The summed E-state index contributed by atoms with van der Waals surface area (Å²) in [5.74, 6) is 0.358. The lowest BCUT2D eigenvalue weighted by Crippen LogP contribution is -2.20. The Morgan fingerprint density at radius 2 is 2.22 bits per heavy atom. The number of hydrogen-bond acceptors (Lipinski definition) is 6. The molecule has 0 aliphatic rings. The van der Waals surface area contributed by atoms with Gasteiger partial charge < -0.3 is 11.1 Å². The van der Waals surface area contributed by atoms with Crippen molar-refractivity contribution in [1.29, 1.82) is 0 Å². The van der Waals surface area contributed by atoms with E-state index in [2.05, 4.69) is 25.6 Å². The van der Waals surface area contributed by atoms with Crippen LogP contribution in [0.5, 0.6) is 0 Å². The third-order valence-corrected chi connectivity index (χ3v) is 2.24. The number of aromatic nitrogens is 5. The Labute approximate surface area is 107 Å². The van der Waals surface area contributed by atoms with Gasteiger partial charge in [-0.3, -0.25) is 4.79 Å². The maximum Gasteiger partial charge on any atom is 0.271 e. The van der Waals surface area contributed by atoms with Gasteiger partial charge in [0.1, 0.15) is 11.3 Å². The number of hydrogen-bond donors (Lipinski definition) is 2. The number of carbonyl (C=O) groups is 1. The minimum atomic E-state index is -0.309. The molecule has 0 aromatic carbocycles. The topological polar surface area (TPSA) is 112 Å². The molecule has 2 aromatic rings. The first kappa shape index (κ1) is 12.0. The molecule has 2 heterocycles. The van der Waals surface area contributed by atoms with Crippen molar-refractivity contribution in [2.45, 2.75) is 0 Å². The number of nitrogens with zero attached hydrogens (tertiary/aromatic N) is 5. The highest BCUT2D eigenvalue weighted by Crippen LogP contribution is 2.02. The molecule has 3 N–H and O–H groups in total. The second kappa shape index (κ2) is 4.84. The number of amides is 1. The van der Waals surface area contributed by atoms with Gasteiger partial charge in [-0.25, -0.2) is 9.67 Å². The van der Waals surface area contributed by atoms with E-state index in [1.807, 2.05) is 0 Å². The first-order valence-corrected chi connectivity index (χ1v) is 5.30. The normalized spacial score (nSPS) is 10.1. The molecule has 2 aromatic heterocycles. The van der Waals surface area contributed by atoms with Gasteiger partial charge in [0.25, 0.3) is 5.91 Å². The lowest BCUT2D eigenvalue weighted by molar-refractivity contribution is 0.0957. The van der Waals surface area contributed by atoms with E-state index in [0.29, 0.717) is 5.82 Å². The number of thiocarbonyl (C=S) groups is 1. The first-order valence-electron chi connectivity index (χ1n) is 4.89. The Bertz CT molecular complexity index is 591. The van der Waals surface area contributed by atoms with Crippen molar-refractivity contribution in [2.24, 2.45) is 5.73 Å². The van der Waals surface area contributed by atoms with E-state index in [-0.39, 0.29) is 22.4 Å². The summed E-state index contributed by atoms with van der Waals surface area (Å²) in [6.45, 7) is 0. The van der Waals surface area contributed by atoms with Crippen molar-refractivity contribution in [2.75, 3.05) is 7.05 Å². The van der Waals surface area contributed by atoms with Crippen molar-refractivity contribution >= 4 is 23.1 Å². The van der Waals surface area contributed by atoms with E-state index in [9.17, 15) is 4.79 Å². The van der Waals surface area contributed by atoms with Crippen LogP contribution in [0.25, 0.3) is 5.82 Å². The zero-order chi connectivity index (χ0) is 13.1. The Kier molecular flexibility index (Phi) is 3.24. The van der Waals surface area contributed by atoms with Crippen LogP contribution in [0.15, 0.2) is 18.5 Å². The fourth-order valence-electron chi connectivity index (χ4n) is 1.18. The second-order valence-electron chi connectivity index (χ2n) is 3.23. The fraction of sp³-hybridized carbons (Fsp3) is 0.111. The van der Waals surface area contributed by atoms with Gasteiger partial charge in [0.15, 0.2) is 11.5 Å². The Hall–Kier alpha value is -2.42. The monoisotopic (exact) mass is 263 g/mol. The molecule has 92 valence electrons. The van der Waals surface area contributed by atoms with E-state index in [1.165, 1.54) is 24.1 Å². The molecular formula is C9H9N7OS. The molecule has 0 aliphatic heterocycles. The number of nitrogens with one attached hydrogen (secondary N) is 1. The van der Waals surface area contributed by atoms with Crippen LogP contribution in [0.4, 0.5) is 0 Å². The fourth-order valence-corrected chi connectivity index (χ4v) is 1.28. The second-order valence-corrected chi connectivity index (χ2v) is 3.67. The predicted molar refractivity (Wildman–Crippen MR) is 66.2 cm³/mol. The Balaban J connectivity index is 2.28. The van der Waals surface area contributed by atoms with Gasteiger partial charge in [0.2, 0.25) is 5.82 Å². The zero-order valence-corrected chi connectivity index (χ0v) is 10.2. The summed E-state index contributed by atoms with van der Waals surface area (Å²) in [5, 5.41) is 14.1. The third-order valence-electron chi connectivity index (χ3n) is 2.06. The molecule has 0 saturated heterocycles. The summed E-state index contributed by atoms with van der Waals surface area (Å²) in [5.41, 5.74) is 5.61. The van der Waals surface area contributed by atoms with Gasteiger partial charge in [-0.2, -0.15) is 0 Å². The molecule has 1 amide bonds. The Morgan fingerprint density at radius 3 is 2.72 bits per heavy atom. The third kappa shape index (κ3) is 2.30. The molecule has 0 bridgehead atoms. The molecule has 0 atom stereocenters. The minimum absolute atomic E-state index is 0.101. The van der Waals surface area contributed by atoms with Gasteiger partial charge in [0.05, 0.1) is 0 Å². The molecule has 0 unspecified atom stereocenters. The van der Waals surface area contributed by atoms with E-state index >= 15 is 0 Å². The van der Waals surface area contributed by atoms with Gasteiger partial charge in [0, 0.05) is 7.05 Å². The minimum Gasteiger partial charge on any atom is -0.387 e. The van der Waals surface area contributed by atoms with Gasteiger partial charge in [-0.15, -0.1) is 15.3 Å². The largest absolute Gasteiger partial charge is 0.387 e. The predicted octanol–water partition coefficient (Wildman–Crippen LogP) is -0.949. The van der Waals surface area contributed by atoms with Crippen LogP contribution in [0.1, 0.15) is 16.3 Å². The van der Waals surface area contributed by atoms with Crippen LogP contribution in [-0.2, 0) is 0 Å². The smallest absolute Gasteiger partial charge is 0.271 e. The van der Waals surface area contributed by atoms with Gasteiger partial charge in [-0.1, -0.05) is 12.2 Å². The quantitative estimate of drug-likeness (QED) is 0.687. The van der Waals surface area contributed by atoms with Crippen LogP contribution in [0, 0.1) is 0 Å². The average molecular weight is 263 g/mol. The molecule has 0 fully saturated rings. The first-order chi connectivity index (χ1) is 8.61. The maximum absolute atomic E-state index is 11.3. The summed E-state index contributed by atoms with van der Waals surface area (Å²) < 4.78 is 1.37. The van der Waals surface area contributed by atoms with Crippen LogP contribution in [-0.4, -0.2) is 42.9 Å². The van der Waals surface area contributed by atoms with Crippen LogP contribution in [0.2, 0.25) is 0 Å². The van der Waals surface area contributed by atoms with Crippen LogP contribution >= 0.6 is 12.2 Å². The standard InChI is InChI=1S/C9H9N7OS/c1-11-9(17)5-2-3-6(14-13-5)16-4-12-8(15-16)7(10)18/h2-4H,1H3,(H2,10,18)(H,11,17). The van der Waals surface area contributed by atoms with Crippen molar-refractivity contribution in [3.05, 3.63) is 30.0 Å². The van der Waals surface area contributed by atoms with E-state index < -0.39 is 0 Å². The highest BCUT2D eigenvalue weighted by atomic mass is 32.1. The maximum atomic E-state index is 11.3. The summed E-state index contributed by atoms with van der Waals surface area (Å²) in [6.07, 6.45) is 1.41. The SMILES string of the molecule is CNC(=O)c1ccc(-n2cnc(C(N)=S)n2)nn1. The van der Waals surface area contributed by atoms with Crippen molar-refractivity contribution in [3.63, 3.8) is 0 Å². The lowest BCUT2D eigenvalue weighted by atomic mass is 10.3. The highest BCUT2D eigenvalue weighted by Gasteiger charge is 2.09. The zero-order valence-electron chi connectivity index (χ0n) is 9.36. The van der Waals surface area contributed by atoms with Gasteiger partial charge in [-0.05, 0) is 12.1 Å². The summed E-state index contributed by atoms with van der Waals surface area (Å²) in [6, 6.07) is 3.12. The molecule has 0 spiro atoms. The van der Waals surface area contributed by atoms with Crippen molar-refractivity contribution in [1.82, 2.24) is 30.3 Å². The summed E-state index contributed by atoms with van der Waals surface area (Å²) in [7, 11) is 1.52. The number of carbonyl (C=O) groups excluding carboxylic acids is 1. The molecule has 2 rings (SSSR count). The van der Waals surface area contributed by atoms with Crippen LogP contribution in [0.3, 0.4) is 0 Å². The van der Waals surface area contributed by atoms with E-state index in [4.69, 9.17) is 18.0 Å². The van der Waals surface area contributed by atoms with Gasteiger partial charge >= 0.3 is 0 Å². The van der Waals surface area contributed by atoms with E-state index in [1.54, 1.807) is 6.07 Å². The molecule has 8 nitrogen and oxygen atoms in total. The Morgan fingerprint density at radius 1 is 1.44 bits per heavy atom. The van der Waals surface area contributed by atoms with Crippen molar-refractivity contribution in [3.8, 4) is 5.82 Å². The van der Waals surface area contributed by atoms with Crippen LogP contribution < -0.4 is 11.1 Å². The lowest BCUT2D eigenvalue weighted by Gasteiger charge is -2.00. The summed E-state index contributed by atoms with van der Waals surface area (Å²) >= 11 is 4.75. The molecule has 0 saturated carbocycles. The molecule has 0 radical (unpaired) electrons. The summed E-state index contributed by atoms with van der Waals surface area (Å²) in [4.78, 5) is 15.3. The molecular weight excluding hydrogens is 254 g/mol. The highest BCUT2D eigenvalue weighted by molar-refractivity contribution is 7.80. The molecule has 9 heteroatoms. The number of rotatable bonds is 3. The van der Waals surface area contributed by atoms with Crippen molar-refractivity contribution < 1.29 is 4.79 Å². The number of nitrogens with two attached hydrogens (primary N) is 1.